The third-order valence-corrected chi connectivity index (χ3v) is 4.03. The SMILES string of the molecule is CC(CNC(C)(C)C)c1ccc(COC2CCC2)cc1. The van der Waals surface area contributed by atoms with E-state index in [-0.39, 0.29) is 5.54 Å². The van der Waals surface area contributed by atoms with Gasteiger partial charge in [-0.05, 0) is 57.1 Å². The van der Waals surface area contributed by atoms with Gasteiger partial charge in [-0.1, -0.05) is 31.2 Å². The van der Waals surface area contributed by atoms with Gasteiger partial charge in [-0.15, -0.1) is 0 Å². The van der Waals surface area contributed by atoms with Gasteiger partial charge in [-0.2, -0.15) is 0 Å². The quantitative estimate of drug-likeness (QED) is 0.838. The monoisotopic (exact) mass is 275 g/mol. The molecule has 1 N–H and O–H groups in total. The van der Waals surface area contributed by atoms with E-state index >= 15 is 0 Å². The van der Waals surface area contributed by atoms with Crippen molar-refractivity contribution in [2.24, 2.45) is 0 Å². The van der Waals surface area contributed by atoms with Crippen LogP contribution in [0.15, 0.2) is 24.3 Å². The second-order valence-electron chi connectivity index (χ2n) is 7.14. The normalized spacial score (nSPS) is 17.8. The Morgan fingerprint density at radius 1 is 1.20 bits per heavy atom. The number of nitrogens with one attached hydrogen (secondary N) is 1. The maximum atomic E-state index is 5.84. The molecule has 1 aromatic rings. The maximum Gasteiger partial charge on any atom is 0.0720 e. The first kappa shape index (κ1) is 15.5. The van der Waals surface area contributed by atoms with Gasteiger partial charge in [0, 0.05) is 12.1 Å². The second-order valence-corrected chi connectivity index (χ2v) is 7.14. The van der Waals surface area contributed by atoms with Crippen molar-refractivity contribution in [2.75, 3.05) is 6.54 Å². The second kappa shape index (κ2) is 6.73. The molecule has 1 aromatic carbocycles. The number of hydrogen-bond acceptors (Lipinski definition) is 2. The van der Waals surface area contributed by atoms with Crippen LogP contribution >= 0.6 is 0 Å². The molecule has 1 atom stereocenters. The summed E-state index contributed by atoms with van der Waals surface area (Å²) in [6, 6.07) is 8.91. The first-order valence-electron chi connectivity index (χ1n) is 7.89. The summed E-state index contributed by atoms with van der Waals surface area (Å²) in [5.74, 6) is 0.538. The largest absolute Gasteiger partial charge is 0.374 e. The Morgan fingerprint density at radius 3 is 2.35 bits per heavy atom. The van der Waals surface area contributed by atoms with Crippen LogP contribution in [0.5, 0.6) is 0 Å². The molecule has 0 spiro atoms. The smallest absolute Gasteiger partial charge is 0.0720 e. The van der Waals surface area contributed by atoms with E-state index in [1.165, 1.54) is 30.4 Å². The lowest BCUT2D eigenvalue weighted by atomic mass is 9.96. The van der Waals surface area contributed by atoms with Crippen molar-refractivity contribution in [3.63, 3.8) is 0 Å². The minimum Gasteiger partial charge on any atom is -0.374 e. The van der Waals surface area contributed by atoms with Crippen molar-refractivity contribution < 1.29 is 4.74 Å². The molecule has 112 valence electrons. The Bertz CT molecular complexity index is 400. The summed E-state index contributed by atoms with van der Waals surface area (Å²) in [6.45, 7) is 10.7. The van der Waals surface area contributed by atoms with Gasteiger partial charge in [0.2, 0.25) is 0 Å². The van der Waals surface area contributed by atoms with Crippen LogP contribution in [0, 0.1) is 0 Å². The van der Waals surface area contributed by atoms with E-state index in [9.17, 15) is 0 Å². The molecule has 0 saturated heterocycles. The van der Waals surface area contributed by atoms with Crippen molar-refractivity contribution >= 4 is 0 Å². The van der Waals surface area contributed by atoms with Gasteiger partial charge in [0.1, 0.15) is 0 Å². The van der Waals surface area contributed by atoms with Crippen LogP contribution in [-0.2, 0) is 11.3 Å². The molecule has 2 rings (SSSR count). The topological polar surface area (TPSA) is 21.3 Å². The number of rotatable bonds is 6. The van der Waals surface area contributed by atoms with Gasteiger partial charge in [-0.25, -0.2) is 0 Å². The Balaban J connectivity index is 1.80. The molecule has 0 bridgehead atoms. The zero-order valence-electron chi connectivity index (χ0n) is 13.4. The van der Waals surface area contributed by atoms with Crippen LogP contribution < -0.4 is 5.32 Å². The summed E-state index contributed by atoms with van der Waals surface area (Å²) in [5, 5.41) is 3.57. The van der Waals surface area contributed by atoms with Crippen molar-refractivity contribution in [1.29, 1.82) is 0 Å². The fraction of sp³-hybridized carbons (Fsp3) is 0.667. The predicted octanol–water partition coefficient (Wildman–Crippen LogP) is 4.25. The van der Waals surface area contributed by atoms with Crippen molar-refractivity contribution in [3.8, 4) is 0 Å². The van der Waals surface area contributed by atoms with Gasteiger partial charge in [0.15, 0.2) is 0 Å². The fourth-order valence-electron chi connectivity index (χ4n) is 2.27. The van der Waals surface area contributed by atoms with Crippen molar-refractivity contribution in [2.45, 2.75) is 71.1 Å². The third kappa shape index (κ3) is 4.92. The van der Waals surface area contributed by atoms with Crippen LogP contribution in [0.3, 0.4) is 0 Å². The third-order valence-electron chi connectivity index (χ3n) is 4.03. The van der Waals surface area contributed by atoms with Crippen LogP contribution in [-0.4, -0.2) is 18.2 Å². The molecule has 1 aliphatic rings. The molecule has 0 radical (unpaired) electrons. The molecule has 0 aliphatic heterocycles. The average Bonchev–Trinajstić information content (AvgIpc) is 2.34. The number of hydrogen-bond donors (Lipinski definition) is 1. The Labute approximate surface area is 123 Å². The van der Waals surface area contributed by atoms with Crippen LogP contribution in [0.2, 0.25) is 0 Å². The average molecular weight is 275 g/mol. The van der Waals surface area contributed by atoms with Crippen LogP contribution in [0.4, 0.5) is 0 Å². The Kier molecular flexibility index (Phi) is 5.22. The van der Waals surface area contributed by atoms with E-state index < -0.39 is 0 Å². The zero-order valence-corrected chi connectivity index (χ0v) is 13.4. The molecule has 0 heterocycles. The summed E-state index contributed by atoms with van der Waals surface area (Å²) in [6.07, 6.45) is 4.34. The van der Waals surface area contributed by atoms with Crippen LogP contribution in [0.1, 0.15) is 64.0 Å². The lowest BCUT2D eigenvalue weighted by Crippen LogP contribution is -2.38. The molecule has 1 unspecified atom stereocenters. The standard InChI is InChI=1S/C18H29NO/c1-14(12-19-18(2,3)4)16-10-8-15(9-11-16)13-20-17-6-5-7-17/h8-11,14,17,19H,5-7,12-13H2,1-4H3. The minimum absolute atomic E-state index is 0.185. The lowest BCUT2D eigenvalue weighted by molar-refractivity contribution is -0.00866. The molecular formula is C18H29NO. The Morgan fingerprint density at radius 2 is 1.85 bits per heavy atom. The number of benzene rings is 1. The minimum atomic E-state index is 0.185. The molecule has 1 aliphatic carbocycles. The first-order chi connectivity index (χ1) is 9.44. The predicted molar refractivity (Wildman–Crippen MR) is 85.0 cm³/mol. The molecule has 2 heteroatoms. The van der Waals surface area contributed by atoms with E-state index in [4.69, 9.17) is 4.74 Å². The summed E-state index contributed by atoms with van der Waals surface area (Å²) in [5.41, 5.74) is 2.87. The summed E-state index contributed by atoms with van der Waals surface area (Å²) in [4.78, 5) is 0. The van der Waals surface area contributed by atoms with E-state index in [1.54, 1.807) is 0 Å². The molecule has 2 nitrogen and oxygen atoms in total. The highest BCUT2D eigenvalue weighted by molar-refractivity contribution is 5.25. The highest BCUT2D eigenvalue weighted by Gasteiger charge is 2.17. The zero-order chi connectivity index (χ0) is 14.6. The molecule has 0 aromatic heterocycles. The van der Waals surface area contributed by atoms with E-state index in [2.05, 4.69) is 57.3 Å². The fourth-order valence-corrected chi connectivity index (χ4v) is 2.27. The van der Waals surface area contributed by atoms with Gasteiger partial charge in [0.05, 0.1) is 12.7 Å². The Hall–Kier alpha value is -0.860. The van der Waals surface area contributed by atoms with Gasteiger partial charge in [0.25, 0.3) is 0 Å². The molecule has 1 saturated carbocycles. The van der Waals surface area contributed by atoms with Crippen molar-refractivity contribution in [3.05, 3.63) is 35.4 Å². The maximum absolute atomic E-state index is 5.84. The first-order valence-corrected chi connectivity index (χ1v) is 7.89. The van der Waals surface area contributed by atoms with Crippen LogP contribution in [0.25, 0.3) is 0 Å². The lowest BCUT2D eigenvalue weighted by Gasteiger charge is -2.25. The van der Waals surface area contributed by atoms with Crippen molar-refractivity contribution in [1.82, 2.24) is 5.32 Å². The van der Waals surface area contributed by atoms with Gasteiger partial charge >= 0.3 is 0 Å². The van der Waals surface area contributed by atoms with E-state index in [0.717, 1.165) is 13.2 Å². The summed E-state index contributed by atoms with van der Waals surface area (Å²) < 4.78 is 5.84. The summed E-state index contributed by atoms with van der Waals surface area (Å²) in [7, 11) is 0. The summed E-state index contributed by atoms with van der Waals surface area (Å²) >= 11 is 0. The van der Waals surface area contributed by atoms with Gasteiger partial charge in [-0.3, -0.25) is 0 Å². The molecule has 0 amide bonds. The molecule has 20 heavy (non-hydrogen) atoms. The molecule has 1 fully saturated rings. The highest BCUT2D eigenvalue weighted by Crippen LogP contribution is 2.23. The van der Waals surface area contributed by atoms with E-state index in [0.29, 0.717) is 12.0 Å². The number of ether oxygens (including phenoxy) is 1. The molecular weight excluding hydrogens is 246 g/mol. The van der Waals surface area contributed by atoms with Gasteiger partial charge < -0.3 is 10.1 Å². The van der Waals surface area contributed by atoms with E-state index in [1.807, 2.05) is 0 Å². The highest BCUT2D eigenvalue weighted by atomic mass is 16.5.